The maximum Gasteiger partial charge on any atom is 0.264 e. The molecule has 0 radical (unpaired) electrons. The van der Waals surface area contributed by atoms with Crippen LogP contribution in [-0.2, 0) is 10.0 Å². The first kappa shape index (κ1) is 18.6. The van der Waals surface area contributed by atoms with Gasteiger partial charge >= 0.3 is 0 Å². The first-order chi connectivity index (χ1) is 10.8. The summed E-state index contributed by atoms with van der Waals surface area (Å²) in [5, 5.41) is 0. The number of alkyl halides is 1. The summed E-state index contributed by atoms with van der Waals surface area (Å²) in [6.45, 7) is 1.93. The summed E-state index contributed by atoms with van der Waals surface area (Å²) in [6.07, 6.45) is 0.351. The van der Waals surface area contributed by atoms with Gasteiger partial charge in [0.05, 0.1) is 21.5 Å². The lowest BCUT2D eigenvalue weighted by Crippen LogP contribution is -2.43. The van der Waals surface area contributed by atoms with Gasteiger partial charge in [0.25, 0.3) is 5.91 Å². The van der Waals surface area contributed by atoms with E-state index in [9.17, 15) is 17.6 Å². The number of amides is 1. The van der Waals surface area contributed by atoms with E-state index in [1.807, 2.05) is 6.92 Å². The number of hydrogen-bond donors (Lipinski definition) is 1. The van der Waals surface area contributed by atoms with Crippen molar-refractivity contribution in [2.45, 2.75) is 38.4 Å². The van der Waals surface area contributed by atoms with Crippen LogP contribution in [0.2, 0.25) is 4.34 Å². The number of nitrogens with zero attached hydrogens (tertiary/aromatic N) is 1. The van der Waals surface area contributed by atoms with Crippen molar-refractivity contribution >= 4 is 38.9 Å². The molecule has 0 aliphatic carbocycles. The Hall–Kier alpha value is -0.700. The van der Waals surface area contributed by atoms with Crippen LogP contribution in [0.15, 0.2) is 12.1 Å². The number of carbonyl (C=O) groups is 1. The summed E-state index contributed by atoms with van der Waals surface area (Å²) >= 11 is 6.96. The number of sulfonamides is 1. The Morgan fingerprint density at radius 2 is 2.26 bits per heavy atom. The number of unbranched alkanes of at least 4 members (excludes halogenated alkanes) is 1. The van der Waals surface area contributed by atoms with Crippen molar-refractivity contribution in [3.05, 3.63) is 21.3 Å². The topological polar surface area (TPSA) is 66.5 Å². The van der Waals surface area contributed by atoms with Crippen molar-refractivity contribution < 1.29 is 17.6 Å². The molecule has 5 nitrogen and oxygen atoms in total. The number of hydrogen-bond acceptors (Lipinski definition) is 4. The molecule has 2 atom stereocenters. The minimum Gasteiger partial charge on any atom is -0.331 e. The molecule has 1 aromatic rings. The Morgan fingerprint density at radius 1 is 1.52 bits per heavy atom. The Bertz CT molecular complexity index is 650. The number of halogens is 2. The van der Waals surface area contributed by atoms with Crippen LogP contribution in [0.5, 0.6) is 0 Å². The summed E-state index contributed by atoms with van der Waals surface area (Å²) in [5.41, 5.74) is 0. The van der Waals surface area contributed by atoms with Crippen molar-refractivity contribution in [3.8, 4) is 0 Å². The van der Waals surface area contributed by atoms with Gasteiger partial charge in [-0.25, -0.2) is 17.5 Å². The van der Waals surface area contributed by atoms with Gasteiger partial charge in [-0.15, -0.1) is 11.3 Å². The van der Waals surface area contributed by atoms with E-state index in [0.29, 0.717) is 15.6 Å². The molecule has 1 amide bonds. The maximum atomic E-state index is 13.7. The lowest BCUT2D eigenvalue weighted by Gasteiger charge is -2.24. The molecule has 1 aromatic heterocycles. The van der Waals surface area contributed by atoms with E-state index in [1.165, 1.54) is 4.90 Å². The molecule has 9 heteroatoms. The predicted octanol–water partition coefficient (Wildman–Crippen LogP) is 2.67. The predicted molar refractivity (Wildman–Crippen MR) is 90.4 cm³/mol. The third kappa shape index (κ3) is 5.14. The molecule has 0 bridgehead atoms. The standard InChI is InChI=1S/C14H20ClFN2O3S2/c1-2-3-6-23(20,21)17-8-11-7-10(16)9-18(11)14(19)12-4-5-13(15)22-12/h4-5,10-11,17H,2-3,6-9H2,1H3/t10-,11-/m0/s1. The average Bonchev–Trinajstić information content (AvgIpc) is 3.08. The molecule has 1 N–H and O–H groups in total. The molecular weight excluding hydrogens is 363 g/mol. The van der Waals surface area contributed by atoms with Crippen molar-refractivity contribution in [3.63, 3.8) is 0 Å². The summed E-state index contributed by atoms with van der Waals surface area (Å²) in [6, 6.07) is 2.74. The van der Waals surface area contributed by atoms with Crippen LogP contribution in [-0.4, -0.2) is 50.3 Å². The Kier molecular flexibility index (Phi) is 6.41. The molecule has 2 heterocycles. The maximum absolute atomic E-state index is 13.7. The molecule has 2 rings (SSSR count). The number of thiophene rings is 1. The molecule has 23 heavy (non-hydrogen) atoms. The molecule has 0 unspecified atom stereocenters. The second-order valence-electron chi connectivity index (χ2n) is 5.57. The molecule has 1 aliphatic heterocycles. The highest BCUT2D eigenvalue weighted by Gasteiger charge is 2.36. The number of nitrogens with one attached hydrogen (secondary N) is 1. The van der Waals surface area contributed by atoms with Crippen LogP contribution >= 0.6 is 22.9 Å². The highest BCUT2D eigenvalue weighted by atomic mass is 35.5. The number of carbonyl (C=O) groups excluding carboxylic acids is 1. The van der Waals surface area contributed by atoms with E-state index in [-0.39, 0.29) is 31.2 Å². The molecule has 0 aromatic carbocycles. The quantitative estimate of drug-likeness (QED) is 0.788. The summed E-state index contributed by atoms with van der Waals surface area (Å²) in [5.74, 6) is -0.260. The van der Waals surface area contributed by atoms with Crippen LogP contribution in [0.4, 0.5) is 4.39 Å². The fourth-order valence-electron chi connectivity index (χ4n) is 2.50. The van der Waals surface area contributed by atoms with Gasteiger partial charge < -0.3 is 4.90 Å². The lowest BCUT2D eigenvalue weighted by atomic mass is 10.2. The van der Waals surface area contributed by atoms with E-state index in [4.69, 9.17) is 11.6 Å². The highest BCUT2D eigenvalue weighted by molar-refractivity contribution is 7.89. The highest BCUT2D eigenvalue weighted by Crippen LogP contribution is 2.27. The van der Waals surface area contributed by atoms with Gasteiger partial charge in [-0.2, -0.15) is 0 Å². The number of rotatable bonds is 7. The van der Waals surface area contributed by atoms with Gasteiger partial charge in [-0.05, 0) is 18.6 Å². The van der Waals surface area contributed by atoms with E-state index >= 15 is 0 Å². The summed E-state index contributed by atoms with van der Waals surface area (Å²) < 4.78 is 40.4. The molecular formula is C14H20ClFN2O3S2. The summed E-state index contributed by atoms with van der Waals surface area (Å²) in [7, 11) is -3.39. The van der Waals surface area contributed by atoms with Gasteiger partial charge in [0.15, 0.2) is 0 Å². The molecule has 130 valence electrons. The first-order valence-electron chi connectivity index (χ1n) is 7.50. The van der Waals surface area contributed by atoms with E-state index in [1.54, 1.807) is 12.1 Å². The minimum absolute atomic E-state index is 0.0181. The van der Waals surface area contributed by atoms with Crippen molar-refractivity contribution in [1.29, 1.82) is 0 Å². The van der Waals surface area contributed by atoms with Crippen LogP contribution in [0.3, 0.4) is 0 Å². The molecule has 1 fully saturated rings. The average molecular weight is 383 g/mol. The number of likely N-dealkylation sites (tertiary alicyclic amines) is 1. The fourth-order valence-corrected chi connectivity index (χ4v) is 4.76. The third-order valence-electron chi connectivity index (χ3n) is 3.71. The smallest absolute Gasteiger partial charge is 0.264 e. The van der Waals surface area contributed by atoms with E-state index < -0.39 is 22.2 Å². The Morgan fingerprint density at radius 3 is 2.87 bits per heavy atom. The molecule has 0 spiro atoms. The molecule has 1 aliphatic rings. The Balaban J connectivity index is 2.01. The summed E-state index contributed by atoms with van der Waals surface area (Å²) in [4.78, 5) is 14.3. The van der Waals surface area contributed by atoms with E-state index in [0.717, 1.165) is 17.8 Å². The third-order valence-corrected chi connectivity index (χ3v) is 6.37. The van der Waals surface area contributed by atoms with Gasteiger partial charge in [-0.3, -0.25) is 4.79 Å². The van der Waals surface area contributed by atoms with Crippen molar-refractivity contribution in [2.75, 3.05) is 18.8 Å². The largest absolute Gasteiger partial charge is 0.331 e. The fraction of sp³-hybridized carbons (Fsp3) is 0.643. The first-order valence-corrected chi connectivity index (χ1v) is 10.3. The van der Waals surface area contributed by atoms with Gasteiger partial charge in [0.1, 0.15) is 6.17 Å². The molecule has 1 saturated heterocycles. The van der Waals surface area contributed by atoms with E-state index in [2.05, 4.69) is 4.72 Å². The van der Waals surface area contributed by atoms with Crippen molar-refractivity contribution in [2.24, 2.45) is 0 Å². The van der Waals surface area contributed by atoms with Crippen molar-refractivity contribution in [1.82, 2.24) is 9.62 Å². The second kappa shape index (κ2) is 7.92. The van der Waals surface area contributed by atoms with Gasteiger partial charge in [-0.1, -0.05) is 24.9 Å². The van der Waals surface area contributed by atoms with Gasteiger partial charge in [0.2, 0.25) is 10.0 Å². The second-order valence-corrected chi connectivity index (χ2v) is 9.21. The SMILES string of the molecule is CCCCS(=O)(=O)NC[C@@H]1C[C@H](F)CN1C(=O)c1ccc(Cl)s1. The Labute approximate surface area is 144 Å². The lowest BCUT2D eigenvalue weighted by molar-refractivity contribution is 0.0736. The monoisotopic (exact) mass is 382 g/mol. The zero-order valence-corrected chi connectivity index (χ0v) is 15.2. The molecule has 0 saturated carbocycles. The van der Waals surface area contributed by atoms with Crippen LogP contribution < -0.4 is 4.72 Å². The normalized spacial score (nSPS) is 21.8. The van der Waals surface area contributed by atoms with Crippen LogP contribution in [0, 0.1) is 0 Å². The zero-order chi connectivity index (χ0) is 17.0. The minimum atomic E-state index is -3.39. The van der Waals surface area contributed by atoms with Crippen LogP contribution in [0.1, 0.15) is 35.9 Å². The zero-order valence-electron chi connectivity index (χ0n) is 12.8. The van der Waals surface area contributed by atoms with Gasteiger partial charge in [0, 0.05) is 19.0 Å². The van der Waals surface area contributed by atoms with Crippen LogP contribution in [0.25, 0.3) is 0 Å².